The minimum atomic E-state index is -4.93. The molecule has 4 aromatic rings. The number of nitrogens with zero attached hydrogens (tertiary/aromatic N) is 5. The van der Waals surface area contributed by atoms with E-state index in [1.165, 1.54) is 15.6 Å². The van der Waals surface area contributed by atoms with Gasteiger partial charge in [0.15, 0.2) is 5.65 Å². The molecule has 0 spiro atoms. The number of carbonyl (C=O) groups excluding carboxylic acids is 1. The molecule has 1 aliphatic heterocycles. The summed E-state index contributed by atoms with van der Waals surface area (Å²) >= 11 is 0. The van der Waals surface area contributed by atoms with Gasteiger partial charge in [-0.3, -0.25) is 4.79 Å². The number of ether oxygens (including phenoxy) is 2. The zero-order valence-corrected chi connectivity index (χ0v) is 17.8. The lowest BCUT2D eigenvalue weighted by Gasteiger charge is -2.21. The van der Waals surface area contributed by atoms with E-state index in [4.69, 9.17) is 10.5 Å². The summed E-state index contributed by atoms with van der Waals surface area (Å²) in [5.41, 5.74) is 7.38. The van der Waals surface area contributed by atoms with E-state index in [-0.39, 0.29) is 42.7 Å². The SMILES string of the molecule is Nc1nc2cc(-c3cnc4c(c3)C(=O)N(Cc3cc(OC(F)(F)F)ccc3F)CCO4)ccn2n1. The molecule has 0 unspecified atom stereocenters. The Balaban J connectivity index is 1.44. The highest BCUT2D eigenvalue weighted by Gasteiger charge is 2.32. The number of anilines is 1. The van der Waals surface area contributed by atoms with Crippen LogP contribution in [0, 0.1) is 5.82 Å². The van der Waals surface area contributed by atoms with Gasteiger partial charge < -0.3 is 20.1 Å². The molecule has 180 valence electrons. The molecule has 0 radical (unpaired) electrons. The number of amides is 1. The van der Waals surface area contributed by atoms with Crippen LogP contribution in [0.15, 0.2) is 48.8 Å². The third-order valence-corrected chi connectivity index (χ3v) is 5.27. The quantitative estimate of drug-likeness (QED) is 0.439. The van der Waals surface area contributed by atoms with Crippen molar-refractivity contribution in [2.75, 3.05) is 18.9 Å². The molecule has 0 aliphatic carbocycles. The highest BCUT2D eigenvalue weighted by Crippen LogP contribution is 2.30. The minimum absolute atomic E-state index is 0.0659. The topological polar surface area (TPSA) is 108 Å². The second kappa shape index (κ2) is 8.42. The number of rotatable bonds is 4. The molecule has 0 atom stereocenters. The molecule has 35 heavy (non-hydrogen) atoms. The van der Waals surface area contributed by atoms with Crippen molar-refractivity contribution < 1.29 is 31.8 Å². The van der Waals surface area contributed by atoms with E-state index in [0.717, 1.165) is 18.2 Å². The third-order valence-electron chi connectivity index (χ3n) is 5.27. The average Bonchev–Trinajstić information content (AvgIpc) is 3.10. The van der Waals surface area contributed by atoms with E-state index in [1.54, 1.807) is 24.4 Å². The van der Waals surface area contributed by atoms with Gasteiger partial charge in [-0.15, -0.1) is 18.3 Å². The van der Waals surface area contributed by atoms with Gasteiger partial charge in [0.25, 0.3) is 5.91 Å². The van der Waals surface area contributed by atoms with Gasteiger partial charge in [-0.05, 0) is 42.0 Å². The Kier molecular flexibility index (Phi) is 5.38. The molecular formula is C22H16F4N6O3. The van der Waals surface area contributed by atoms with Gasteiger partial charge in [-0.1, -0.05) is 0 Å². The van der Waals surface area contributed by atoms with E-state index in [9.17, 15) is 22.4 Å². The fraction of sp³-hybridized carbons (Fsp3) is 0.182. The Morgan fingerprint density at radius 1 is 1.14 bits per heavy atom. The monoisotopic (exact) mass is 488 g/mol. The van der Waals surface area contributed by atoms with Crippen LogP contribution in [0.3, 0.4) is 0 Å². The first-order valence-corrected chi connectivity index (χ1v) is 10.2. The van der Waals surface area contributed by atoms with Crippen LogP contribution >= 0.6 is 0 Å². The number of nitrogen functional groups attached to an aromatic ring is 1. The Morgan fingerprint density at radius 3 is 2.77 bits per heavy atom. The maximum absolute atomic E-state index is 14.4. The van der Waals surface area contributed by atoms with Crippen molar-refractivity contribution in [1.29, 1.82) is 0 Å². The number of hydrogen-bond donors (Lipinski definition) is 1. The number of fused-ring (bicyclic) bond motifs is 2. The number of benzene rings is 1. The van der Waals surface area contributed by atoms with Crippen molar-refractivity contribution in [2.24, 2.45) is 0 Å². The predicted molar refractivity (Wildman–Crippen MR) is 114 cm³/mol. The summed E-state index contributed by atoms with van der Waals surface area (Å²) in [4.78, 5) is 22.9. The number of carbonyl (C=O) groups is 1. The van der Waals surface area contributed by atoms with Crippen LogP contribution in [-0.2, 0) is 6.54 Å². The molecule has 0 saturated heterocycles. The molecular weight excluding hydrogens is 472 g/mol. The first-order valence-electron chi connectivity index (χ1n) is 10.2. The number of pyridine rings is 2. The molecule has 2 N–H and O–H groups in total. The Morgan fingerprint density at radius 2 is 1.97 bits per heavy atom. The summed E-state index contributed by atoms with van der Waals surface area (Å²) in [7, 11) is 0. The molecule has 9 nitrogen and oxygen atoms in total. The molecule has 0 saturated carbocycles. The van der Waals surface area contributed by atoms with Crippen molar-refractivity contribution in [3.8, 4) is 22.8 Å². The molecule has 4 heterocycles. The minimum Gasteiger partial charge on any atom is -0.475 e. The van der Waals surface area contributed by atoms with Crippen LogP contribution in [0.2, 0.25) is 0 Å². The van der Waals surface area contributed by atoms with E-state index in [1.807, 2.05) is 0 Å². The van der Waals surface area contributed by atoms with Gasteiger partial charge in [-0.2, -0.15) is 4.98 Å². The van der Waals surface area contributed by atoms with Crippen LogP contribution in [0.5, 0.6) is 11.6 Å². The fourth-order valence-corrected chi connectivity index (χ4v) is 3.71. The van der Waals surface area contributed by atoms with Gasteiger partial charge >= 0.3 is 6.36 Å². The molecule has 0 fully saturated rings. The van der Waals surface area contributed by atoms with Crippen LogP contribution in [0.4, 0.5) is 23.5 Å². The van der Waals surface area contributed by atoms with Gasteiger partial charge in [0.05, 0.1) is 6.54 Å². The molecule has 1 aliphatic rings. The number of halogens is 4. The van der Waals surface area contributed by atoms with Crippen molar-refractivity contribution in [3.63, 3.8) is 0 Å². The molecule has 5 rings (SSSR count). The van der Waals surface area contributed by atoms with Crippen LogP contribution in [0.25, 0.3) is 16.8 Å². The lowest BCUT2D eigenvalue weighted by Crippen LogP contribution is -2.32. The third kappa shape index (κ3) is 4.65. The summed E-state index contributed by atoms with van der Waals surface area (Å²) in [6.45, 7) is -0.159. The van der Waals surface area contributed by atoms with Crippen molar-refractivity contribution >= 4 is 17.5 Å². The summed E-state index contributed by atoms with van der Waals surface area (Å²) in [6.07, 6.45) is -1.74. The van der Waals surface area contributed by atoms with E-state index < -0.39 is 23.8 Å². The fourth-order valence-electron chi connectivity index (χ4n) is 3.71. The van der Waals surface area contributed by atoms with Crippen molar-refractivity contribution in [3.05, 3.63) is 65.7 Å². The Bertz CT molecular complexity index is 1440. The van der Waals surface area contributed by atoms with Gasteiger partial charge in [0.1, 0.15) is 23.7 Å². The first kappa shape index (κ1) is 22.4. The number of hydrogen-bond acceptors (Lipinski definition) is 7. The molecule has 13 heteroatoms. The zero-order valence-electron chi connectivity index (χ0n) is 17.8. The van der Waals surface area contributed by atoms with Crippen LogP contribution < -0.4 is 15.2 Å². The lowest BCUT2D eigenvalue weighted by molar-refractivity contribution is -0.274. The summed E-state index contributed by atoms with van der Waals surface area (Å²) in [6, 6.07) is 7.67. The summed E-state index contributed by atoms with van der Waals surface area (Å²) < 4.78 is 63.0. The Labute approximate surface area is 194 Å². The highest BCUT2D eigenvalue weighted by molar-refractivity contribution is 5.98. The van der Waals surface area contributed by atoms with Gasteiger partial charge in [-0.25, -0.2) is 13.9 Å². The van der Waals surface area contributed by atoms with Crippen molar-refractivity contribution in [1.82, 2.24) is 24.5 Å². The Hall–Kier alpha value is -4.42. The van der Waals surface area contributed by atoms with Crippen LogP contribution in [0.1, 0.15) is 15.9 Å². The van der Waals surface area contributed by atoms with E-state index >= 15 is 0 Å². The average molecular weight is 488 g/mol. The standard InChI is InChI=1S/C22H16F4N6O3/c23-17-2-1-15(35-22(24,25)26)7-14(17)11-31-5-6-34-19-16(20(31)33)8-13(10-28-19)12-3-4-32-18(9-12)29-21(27)30-32/h1-4,7-10H,5-6,11H2,(H2,27,30). The normalized spacial score (nSPS) is 13.9. The number of alkyl halides is 3. The van der Waals surface area contributed by atoms with E-state index in [0.29, 0.717) is 16.8 Å². The largest absolute Gasteiger partial charge is 0.573 e. The number of nitrogens with two attached hydrogens (primary N) is 1. The molecule has 1 amide bonds. The smallest absolute Gasteiger partial charge is 0.475 e. The maximum atomic E-state index is 14.4. The maximum Gasteiger partial charge on any atom is 0.573 e. The van der Waals surface area contributed by atoms with Gasteiger partial charge in [0, 0.05) is 30.1 Å². The summed E-state index contributed by atoms with van der Waals surface area (Å²) in [5.74, 6) is -1.66. The number of aromatic nitrogens is 4. The molecule has 0 bridgehead atoms. The molecule has 1 aromatic carbocycles. The second-order valence-electron chi connectivity index (χ2n) is 7.64. The van der Waals surface area contributed by atoms with Gasteiger partial charge in [0.2, 0.25) is 11.8 Å². The lowest BCUT2D eigenvalue weighted by atomic mass is 10.1. The van der Waals surface area contributed by atoms with Crippen molar-refractivity contribution in [2.45, 2.75) is 12.9 Å². The molecule has 3 aromatic heterocycles. The zero-order chi connectivity index (χ0) is 24.7. The van der Waals surface area contributed by atoms with Crippen LogP contribution in [-0.4, -0.2) is 49.9 Å². The van der Waals surface area contributed by atoms with E-state index in [2.05, 4.69) is 19.8 Å². The highest BCUT2D eigenvalue weighted by atomic mass is 19.4. The summed E-state index contributed by atoms with van der Waals surface area (Å²) in [5, 5.41) is 4.01. The second-order valence-corrected chi connectivity index (χ2v) is 7.64. The predicted octanol–water partition coefficient (Wildman–Crippen LogP) is 3.45. The first-order chi connectivity index (χ1) is 16.7.